The molecule has 0 aromatic rings. The van der Waals surface area contributed by atoms with Crippen LogP contribution in [0, 0.1) is 0 Å². The molecule has 64 valence electrons. The van der Waals surface area contributed by atoms with E-state index < -0.39 is 0 Å². The van der Waals surface area contributed by atoms with Crippen molar-refractivity contribution in [2.45, 2.75) is 29.7 Å². The van der Waals surface area contributed by atoms with Crippen molar-refractivity contribution in [2.75, 3.05) is 0 Å². The summed E-state index contributed by atoms with van der Waals surface area (Å²) >= 11 is 0. The summed E-state index contributed by atoms with van der Waals surface area (Å²) in [6, 6.07) is 0. The number of halogens is 3. The third-order valence-corrected chi connectivity index (χ3v) is 0. The van der Waals surface area contributed by atoms with Crippen LogP contribution in [-0.2, 0) is 0 Å². The van der Waals surface area contributed by atoms with Crippen molar-refractivity contribution in [3.05, 3.63) is 0 Å². The molecule has 0 bridgehead atoms. The molecule has 0 nitrogen and oxygen atoms in total. The summed E-state index contributed by atoms with van der Waals surface area (Å²) in [6.07, 6.45) is 0. The molecule has 0 radical (unpaired) electrons. The number of hydrogen-bond acceptors (Lipinski definition) is 0. The third kappa shape index (κ3) is 121. The molecule has 0 rings (SSSR count). The first kappa shape index (κ1) is 175. The van der Waals surface area contributed by atoms with Gasteiger partial charge in [0, 0.05) is 0 Å². The fourth-order valence-corrected chi connectivity index (χ4v) is 0. The van der Waals surface area contributed by atoms with Gasteiger partial charge in [0.05, 0.1) is 0 Å². The summed E-state index contributed by atoms with van der Waals surface area (Å²) in [7, 11) is 0. The van der Waals surface area contributed by atoms with Crippen LogP contribution in [0.15, 0.2) is 0 Å². The van der Waals surface area contributed by atoms with Gasteiger partial charge in [-0.15, -0.1) is 0 Å². The molecule has 0 fully saturated rings. The van der Waals surface area contributed by atoms with E-state index in [-0.39, 0.29) is 168 Å². The fourth-order valence-electron chi connectivity index (χ4n) is 0. The van der Waals surface area contributed by atoms with E-state index in [1.165, 1.54) is 0 Å². The van der Waals surface area contributed by atoms with Crippen LogP contribution in [0.3, 0.4) is 0 Å². The molecule has 11 heavy (non-hydrogen) atoms. The van der Waals surface area contributed by atoms with Gasteiger partial charge in [-0.25, -0.2) is 0 Å². The molecule has 0 saturated carbocycles. The van der Waals surface area contributed by atoms with Gasteiger partial charge in [-0.2, -0.15) is 0 Å². The minimum absolute atomic E-state index is 0. The summed E-state index contributed by atoms with van der Waals surface area (Å²) < 4.78 is 0. The normalized spacial score (nSPS) is 0. The van der Waals surface area contributed by atoms with Crippen molar-refractivity contribution in [3.63, 3.8) is 0 Å². The van der Waals surface area contributed by atoms with Gasteiger partial charge in [-0.3, -0.25) is 0 Å². The van der Waals surface area contributed by atoms with Crippen molar-refractivity contribution < 1.29 is 97.8 Å². The van der Waals surface area contributed by atoms with E-state index in [1.54, 1.807) is 0 Å². The second kappa shape index (κ2) is 141. The maximum Gasteiger partial charge on any atom is 2.00 e. The molecular weight excluding hydrogens is 252 g/mol. The quantitative estimate of drug-likeness (QED) is 0.384. The molecule has 0 atom stereocenters. The Morgan fingerprint density at radius 1 is 0.545 bits per heavy atom. The molecule has 0 saturated heterocycles. The maximum atomic E-state index is 0. The monoisotopic (exact) mass is 270 g/mol. The molecule has 0 aliphatic carbocycles. The smallest absolute Gasteiger partial charge is 1.00 e. The molecule has 0 N–H and O–H groups in total. The first-order valence-corrected chi connectivity index (χ1v) is 0. The van der Waals surface area contributed by atoms with Crippen molar-refractivity contribution in [1.29, 1.82) is 0 Å². The van der Waals surface area contributed by atoms with Crippen molar-refractivity contribution in [2.24, 2.45) is 0 Å². The first-order chi connectivity index (χ1) is 0. The van der Waals surface area contributed by atoms with E-state index in [2.05, 4.69) is 0 Å². The second-order valence-electron chi connectivity index (χ2n) is 0. The molecule has 0 spiro atoms. The third-order valence-electron chi connectivity index (χ3n) is 0. The van der Waals surface area contributed by atoms with Gasteiger partial charge in [0.25, 0.3) is 0 Å². The average molecular weight is 272 g/mol. The molecule has 0 aliphatic heterocycles. The van der Waals surface area contributed by atoms with Gasteiger partial charge in [0.15, 0.2) is 17.4 Å². The van der Waals surface area contributed by atoms with Crippen molar-refractivity contribution in [1.82, 2.24) is 0 Å². The fraction of sp³-hybridized carbons (Fsp3) is 1.00. The number of rotatable bonds is 0. The molecule has 0 aromatic heterocycles. The van der Waals surface area contributed by atoms with Crippen LogP contribution in [0.25, 0.3) is 0 Å². The summed E-state index contributed by atoms with van der Waals surface area (Å²) in [6.45, 7) is 0. The zero-order valence-corrected chi connectivity index (χ0v) is 11.5. The van der Waals surface area contributed by atoms with Crippen LogP contribution in [0.4, 0.5) is 0 Å². The Morgan fingerprint density at radius 3 is 0.545 bits per heavy atom. The summed E-state index contributed by atoms with van der Waals surface area (Å²) in [5.74, 6) is 0. The first-order valence-electron chi connectivity index (χ1n) is 0. The largest absolute Gasteiger partial charge is 2.00 e. The van der Waals surface area contributed by atoms with Gasteiger partial charge in [-0.05, 0) is 0 Å². The zero-order valence-electron chi connectivity index (χ0n) is 4.84. The minimum atomic E-state index is 0. The topological polar surface area (TPSA) is 0 Å². The van der Waals surface area contributed by atoms with Crippen molar-refractivity contribution in [3.8, 4) is 0 Å². The summed E-state index contributed by atoms with van der Waals surface area (Å²) in [4.78, 5) is 0. The summed E-state index contributed by atoms with van der Waals surface area (Å²) in [5.41, 5.74) is 0. The van der Waals surface area contributed by atoms with Crippen LogP contribution in [0.5, 0.6) is 0 Å². The van der Waals surface area contributed by atoms with E-state index >= 15 is 0 Å². The Hall–Kier alpha value is 4.17. The maximum absolute atomic E-state index is 0. The summed E-state index contributed by atoms with van der Waals surface area (Å²) in [5, 5.41) is 0. The van der Waals surface area contributed by atoms with E-state index in [4.69, 9.17) is 0 Å². The van der Waals surface area contributed by atoms with Crippen LogP contribution in [0.1, 0.15) is 31.1 Å². The van der Waals surface area contributed by atoms with Gasteiger partial charge < -0.3 is 38.6 Å². The second-order valence-corrected chi connectivity index (χ2v) is 0. The van der Waals surface area contributed by atoms with E-state index in [0.29, 0.717) is 0 Å². The Labute approximate surface area is 165 Å². The molecule has 0 aromatic carbocycles. The Balaban J connectivity index is 0. The molecule has 0 heterocycles. The molecular formula is C4H20AlCl3MgNa2. The average Bonchev–Trinajstić information content (AvgIpc) is 0. The Bertz CT molecular complexity index is 28.3. The SMILES string of the molecule is C.C.C.C.[AlH3].[Cl-].[Cl-].[Cl-].[H-].[Mg+2].[Na+].[Na+]. The van der Waals surface area contributed by atoms with Gasteiger partial charge in [-0.1, -0.05) is 29.7 Å². The van der Waals surface area contributed by atoms with Gasteiger partial charge in [0.1, 0.15) is 0 Å². The van der Waals surface area contributed by atoms with Crippen LogP contribution >= 0.6 is 0 Å². The van der Waals surface area contributed by atoms with Crippen molar-refractivity contribution >= 4 is 40.4 Å². The predicted octanol–water partition coefficient (Wildman–Crippen LogP) is -13.9. The standard InChI is InChI=1S/4CH4.Al.3ClH.Mg.2Na.4H/h4*1H4;;3*1H;;;;;;;/q;;;;;;;;+2;2*+1;;;;-1/p-3. The van der Waals surface area contributed by atoms with Crippen LogP contribution in [0.2, 0.25) is 0 Å². The Morgan fingerprint density at radius 2 is 0.545 bits per heavy atom. The van der Waals surface area contributed by atoms with Crippen LogP contribution in [-0.4, -0.2) is 40.4 Å². The molecule has 0 amide bonds. The van der Waals surface area contributed by atoms with E-state index in [1.807, 2.05) is 0 Å². The zero-order chi connectivity index (χ0) is 0. The minimum Gasteiger partial charge on any atom is -1.00 e. The Kier molecular flexibility index (Phi) is 2250. The molecule has 7 heteroatoms. The van der Waals surface area contributed by atoms with Gasteiger partial charge >= 0.3 is 82.2 Å². The van der Waals surface area contributed by atoms with Crippen LogP contribution < -0.4 is 96.3 Å². The predicted molar refractivity (Wildman–Crippen MR) is 43.7 cm³/mol. The van der Waals surface area contributed by atoms with Gasteiger partial charge in [0.2, 0.25) is 0 Å². The van der Waals surface area contributed by atoms with E-state index in [9.17, 15) is 0 Å². The molecule has 0 unspecified atom stereocenters. The molecule has 0 aliphatic rings. The number of hydrogen-bond donors (Lipinski definition) is 0. The van der Waals surface area contributed by atoms with E-state index in [0.717, 1.165) is 0 Å².